The number of aromatic nitrogens is 3. The molecule has 0 saturated heterocycles. The van der Waals surface area contributed by atoms with E-state index in [0.29, 0.717) is 16.7 Å². The summed E-state index contributed by atoms with van der Waals surface area (Å²) in [6, 6.07) is 16.5. The Morgan fingerprint density at radius 3 is 1.17 bits per heavy atom. The summed E-state index contributed by atoms with van der Waals surface area (Å²) in [7, 11) is -4.34. The first-order chi connectivity index (χ1) is 14.3. The Morgan fingerprint density at radius 2 is 0.867 bits per heavy atom. The lowest BCUT2D eigenvalue weighted by atomic mass is 10.1. The van der Waals surface area contributed by atoms with Crippen molar-refractivity contribution < 1.29 is 21.8 Å². The maximum absolute atomic E-state index is 13.3. The molecule has 0 spiro atoms. The van der Waals surface area contributed by atoms with Crippen molar-refractivity contribution >= 4 is 10.1 Å². The second-order valence-corrected chi connectivity index (χ2v) is 7.74. The van der Waals surface area contributed by atoms with Gasteiger partial charge in [-0.15, -0.1) is 0 Å². The second kappa shape index (κ2) is 7.69. The largest absolute Gasteiger partial charge is 0.294 e. The monoisotopic (exact) mass is 425 g/mol. The molecule has 9 heteroatoms. The highest BCUT2D eigenvalue weighted by Gasteiger charge is 2.14. The molecule has 0 aliphatic carbocycles. The summed E-state index contributed by atoms with van der Waals surface area (Å²) in [4.78, 5) is 13.0. The predicted octanol–water partition coefficient (Wildman–Crippen LogP) is 4.40. The Kier molecular flexibility index (Phi) is 5.06. The van der Waals surface area contributed by atoms with Gasteiger partial charge < -0.3 is 0 Å². The maximum Gasteiger partial charge on any atom is 0.294 e. The molecule has 1 aromatic heterocycles. The lowest BCUT2D eigenvalue weighted by molar-refractivity contribution is 0.483. The lowest BCUT2D eigenvalue weighted by Crippen LogP contribution is -2.01. The van der Waals surface area contributed by atoms with Crippen molar-refractivity contribution in [3.05, 3.63) is 84.4 Å². The van der Waals surface area contributed by atoms with Crippen LogP contribution < -0.4 is 0 Å². The summed E-state index contributed by atoms with van der Waals surface area (Å²) in [5.74, 6) is -0.0675. The highest BCUT2D eigenvalue weighted by atomic mass is 32.2. The van der Waals surface area contributed by atoms with Crippen LogP contribution in [-0.2, 0) is 10.1 Å². The van der Waals surface area contributed by atoms with Gasteiger partial charge in [0.05, 0.1) is 4.90 Å². The molecule has 0 bridgehead atoms. The van der Waals surface area contributed by atoms with E-state index in [0.717, 1.165) is 0 Å². The Labute approximate surface area is 170 Å². The van der Waals surface area contributed by atoms with Crippen molar-refractivity contribution in [3.8, 4) is 34.2 Å². The molecule has 30 heavy (non-hydrogen) atoms. The van der Waals surface area contributed by atoms with Gasteiger partial charge in [-0.3, -0.25) is 4.55 Å². The van der Waals surface area contributed by atoms with E-state index in [1.165, 1.54) is 72.8 Å². The first-order valence-electron chi connectivity index (χ1n) is 8.65. The van der Waals surface area contributed by atoms with Crippen molar-refractivity contribution in [1.82, 2.24) is 15.0 Å². The summed E-state index contributed by atoms with van der Waals surface area (Å²) in [5, 5.41) is 0. The Morgan fingerprint density at radius 1 is 0.567 bits per heavy atom. The Bertz CT molecular complexity index is 1250. The van der Waals surface area contributed by atoms with Crippen LogP contribution in [0.2, 0.25) is 0 Å². The SMILES string of the molecule is O=S(=O)(O)c1ccc(-c2nc(-c3ccc(F)cc3)nc(-c3ccc(F)cc3)n2)cc1. The Hall–Kier alpha value is -3.56. The van der Waals surface area contributed by atoms with Gasteiger partial charge in [0.2, 0.25) is 0 Å². The number of hydrogen-bond acceptors (Lipinski definition) is 5. The molecule has 0 radical (unpaired) electrons. The van der Waals surface area contributed by atoms with Crippen LogP contribution in [0, 0.1) is 11.6 Å². The molecule has 0 saturated carbocycles. The number of rotatable bonds is 4. The third-order valence-corrected chi connectivity index (χ3v) is 5.12. The molecule has 0 atom stereocenters. The van der Waals surface area contributed by atoms with Crippen molar-refractivity contribution in [1.29, 1.82) is 0 Å². The van der Waals surface area contributed by atoms with E-state index >= 15 is 0 Å². The molecule has 3 aromatic carbocycles. The molecule has 150 valence electrons. The summed E-state index contributed by atoms with van der Waals surface area (Å²) < 4.78 is 58.3. The zero-order chi connectivity index (χ0) is 21.3. The smallest absolute Gasteiger partial charge is 0.282 e. The molecule has 0 aliphatic rings. The van der Waals surface area contributed by atoms with Crippen molar-refractivity contribution in [2.75, 3.05) is 0 Å². The Balaban J connectivity index is 1.87. The van der Waals surface area contributed by atoms with E-state index in [1.807, 2.05) is 0 Å². The average Bonchev–Trinajstić information content (AvgIpc) is 2.74. The van der Waals surface area contributed by atoms with Crippen LogP contribution in [0.3, 0.4) is 0 Å². The normalized spacial score (nSPS) is 11.4. The minimum Gasteiger partial charge on any atom is -0.282 e. The van der Waals surface area contributed by atoms with Crippen LogP contribution in [-0.4, -0.2) is 27.9 Å². The van der Waals surface area contributed by atoms with Gasteiger partial charge in [-0.2, -0.15) is 8.42 Å². The molecular formula is C21H13F2N3O3S. The van der Waals surface area contributed by atoms with E-state index in [-0.39, 0.29) is 22.4 Å². The lowest BCUT2D eigenvalue weighted by Gasteiger charge is -2.08. The number of nitrogens with zero attached hydrogens (tertiary/aromatic N) is 3. The van der Waals surface area contributed by atoms with Crippen molar-refractivity contribution in [3.63, 3.8) is 0 Å². The van der Waals surface area contributed by atoms with Gasteiger partial charge in [0, 0.05) is 16.7 Å². The molecule has 1 N–H and O–H groups in total. The van der Waals surface area contributed by atoms with E-state index in [9.17, 15) is 17.2 Å². The minimum absolute atomic E-state index is 0.227. The molecule has 0 unspecified atom stereocenters. The molecule has 1 heterocycles. The molecule has 0 fully saturated rings. The van der Waals surface area contributed by atoms with Gasteiger partial charge in [-0.05, 0) is 72.8 Å². The first-order valence-corrected chi connectivity index (χ1v) is 10.1. The van der Waals surface area contributed by atoms with Crippen molar-refractivity contribution in [2.45, 2.75) is 4.90 Å². The predicted molar refractivity (Wildman–Crippen MR) is 106 cm³/mol. The molecule has 0 amide bonds. The van der Waals surface area contributed by atoms with Crippen molar-refractivity contribution in [2.24, 2.45) is 0 Å². The van der Waals surface area contributed by atoms with Crippen LogP contribution >= 0.6 is 0 Å². The van der Waals surface area contributed by atoms with E-state index in [2.05, 4.69) is 15.0 Å². The first kappa shape index (κ1) is 19.7. The molecule has 4 rings (SSSR count). The summed E-state index contributed by atoms with van der Waals surface area (Å²) in [5.41, 5.74) is 1.55. The van der Waals surface area contributed by atoms with Crippen LogP contribution in [0.15, 0.2) is 77.7 Å². The van der Waals surface area contributed by atoms with Gasteiger partial charge in [0.1, 0.15) is 11.6 Å². The van der Waals surface area contributed by atoms with Gasteiger partial charge in [0.15, 0.2) is 17.5 Å². The highest BCUT2D eigenvalue weighted by molar-refractivity contribution is 7.85. The van der Waals surface area contributed by atoms with Crippen LogP contribution in [0.5, 0.6) is 0 Å². The molecular weight excluding hydrogens is 412 g/mol. The maximum atomic E-state index is 13.3. The second-order valence-electron chi connectivity index (χ2n) is 6.32. The van der Waals surface area contributed by atoms with Gasteiger partial charge in [-0.1, -0.05) is 0 Å². The third kappa shape index (κ3) is 4.22. The van der Waals surface area contributed by atoms with Gasteiger partial charge in [-0.25, -0.2) is 23.7 Å². The quantitative estimate of drug-likeness (QED) is 0.487. The summed E-state index contributed by atoms with van der Waals surface area (Å²) in [6.07, 6.45) is 0. The van der Waals surface area contributed by atoms with E-state index < -0.39 is 21.8 Å². The number of benzene rings is 3. The third-order valence-electron chi connectivity index (χ3n) is 4.25. The van der Waals surface area contributed by atoms with Crippen LogP contribution in [0.25, 0.3) is 34.2 Å². The fourth-order valence-corrected chi connectivity index (χ4v) is 3.22. The van der Waals surface area contributed by atoms with E-state index in [4.69, 9.17) is 4.55 Å². The van der Waals surface area contributed by atoms with Gasteiger partial charge in [0.25, 0.3) is 10.1 Å². The van der Waals surface area contributed by atoms with E-state index in [1.54, 1.807) is 0 Å². The number of hydrogen-bond donors (Lipinski definition) is 1. The zero-order valence-electron chi connectivity index (χ0n) is 15.2. The van der Waals surface area contributed by atoms with Crippen LogP contribution in [0.4, 0.5) is 8.78 Å². The van der Waals surface area contributed by atoms with Crippen LogP contribution in [0.1, 0.15) is 0 Å². The number of halogens is 2. The molecule has 0 aliphatic heterocycles. The fourth-order valence-electron chi connectivity index (χ4n) is 2.74. The molecule has 4 aromatic rings. The summed E-state index contributed by atoms with van der Waals surface area (Å²) in [6.45, 7) is 0. The average molecular weight is 425 g/mol. The zero-order valence-corrected chi connectivity index (χ0v) is 16.0. The highest BCUT2D eigenvalue weighted by Crippen LogP contribution is 2.25. The standard InChI is InChI=1S/C21H13F2N3O3S/c22-16-7-1-13(2-8-16)19-24-20(14-3-9-17(23)10-4-14)26-21(25-19)15-5-11-18(12-6-15)30(27,28)29/h1-12H,(H,27,28,29). The molecule has 6 nitrogen and oxygen atoms in total. The fraction of sp³-hybridized carbons (Fsp3) is 0. The topological polar surface area (TPSA) is 93.0 Å². The summed E-state index contributed by atoms with van der Waals surface area (Å²) >= 11 is 0. The minimum atomic E-state index is -4.34. The van der Waals surface area contributed by atoms with Gasteiger partial charge >= 0.3 is 0 Å².